The average Bonchev–Trinajstić information content (AvgIpc) is 2.11. The van der Waals surface area contributed by atoms with Gasteiger partial charge in [-0.15, -0.1) is 0 Å². The number of amides is 1. The normalized spacial score (nSPS) is 10.4. The molecule has 0 unspecified atom stereocenters. The van der Waals surface area contributed by atoms with Crippen molar-refractivity contribution in [1.29, 1.82) is 0 Å². The summed E-state index contributed by atoms with van der Waals surface area (Å²) in [6.45, 7) is 1.48. The van der Waals surface area contributed by atoms with Crippen LogP contribution in [0.1, 0.15) is 5.56 Å². The van der Waals surface area contributed by atoms with Gasteiger partial charge in [-0.25, -0.2) is 4.39 Å². The first kappa shape index (κ1) is 10.6. The molecule has 0 saturated heterocycles. The van der Waals surface area contributed by atoms with Gasteiger partial charge < -0.3 is 5.32 Å². The van der Waals surface area contributed by atoms with Gasteiger partial charge in [-0.3, -0.25) is 4.79 Å². The number of carbonyl (C=O) groups is 1. The van der Waals surface area contributed by atoms with E-state index >= 15 is 0 Å². The van der Waals surface area contributed by atoms with Gasteiger partial charge in [0.2, 0.25) is 0 Å². The molecule has 0 atom stereocenters. The zero-order chi connectivity index (χ0) is 10.7. The maximum absolute atomic E-state index is 12.7. The van der Waals surface area contributed by atoms with Gasteiger partial charge in [-0.05, 0) is 30.7 Å². The topological polar surface area (TPSA) is 29.1 Å². The molecule has 2 nitrogen and oxygen atoms in total. The van der Waals surface area contributed by atoms with Crippen LogP contribution in [0.25, 0.3) is 0 Å². The summed E-state index contributed by atoms with van der Waals surface area (Å²) in [6, 6.07) is 3.62. The van der Waals surface area contributed by atoms with Crippen LogP contribution in [0.4, 0.5) is 18.9 Å². The molecule has 0 aliphatic carbocycles. The zero-order valence-corrected chi connectivity index (χ0v) is 7.35. The van der Waals surface area contributed by atoms with Gasteiger partial charge in [-0.1, -0.05) is 0 Å². The van der Waals surface area contributed by atoms with Crippen LogP contribution in [0.5, 0.6) is 0 Å². The van der Waals surface area contributed by atoms with Crippen LogP contribution in [0.3, 0.4) is 0 Å². The van der Waals surface area contributed by atoms with Crippen molar-refractivity contribution in [3.05, 3.63) is 29.6 Å². The highest BCUT2D eigenvalue weighted by Crippen LogP contribution is 2.14. The van der Waals surface area contributed by atoms with Crippen LogP contribution in [-0.4, -0.2) is 12.3 Å². The lowest BCUT2D eigenvalue weighted by Gasteiger charge is -2.05. The lowest BCUT2D eigenvalue weighted by Crippen LogP contribution is -2.20. The van der Waals surface area contributed by atoms with E-state index in [0.717, 1.165) is 6.07 Å². The highest BCUT2D eigenvalue weighted by molar-refractivity contribution is 5.93. The van der Waals surface area contributed by atoms with E-state index in [0.29, 0.717) is 0 Å². The Hall–Kier alpha value is -1.52. The molecule has 0 heterocycles. The molecule has 1 amide bonds. The smallest absolute Gasteiger partial charge is 0.315 e. The Balaban J connectivity index is 2.78. The fraction of sp³-hybridized carbons (Fsp3) is 0.222. The Bertz CT molecular complexity index is 352. The number of aryl methyl sites for hydroxylation is 1. The second-order valence-electron chi connectivity index (χ2n) is 2.75. The van der Waals surface area contributed by atoms with E-state index in [1.807, 2.05) is 5.32 Å². The van der Waals surface area contributed by atoms with Crippen LogP contribution in [0, 0.1) is 12.7 Å². The largest absolute Gasteiger partial charge is 0.321 e. The van der Waals surface area contributed by atoms with E-state index in [-0.39, 0.29) is 11.3 Å². The maximum atomic E-state index is 12.7. The van der Waals surface area contributed by atoms with Crippen LogP contribution in [0.2, 0.25) is 0 Å². The summed E-state index contributed by atoms with van der Waals surface area (Å²) in [5, 5.41) is 1.95. The molecule has 1 rings (SSSR count). The first-order chi connectivity index (χ1) is 6.50. The monoisotopic (exact) mass is 203 g/mol. The minimum absolute atomic E-state index is 0.161. The maximum Gasteiger partial charge on any atom is 0.315 e. The van der Waals surface area contributed by atoms with Crippen molar-refractivity contribution >= 4 is 11.6 Å². The predicted octanol–water partition coefficient (Wildman–Crippen LogP) is 2.34. The van der Waals surface area contributed by atoms with Crippen LogP contribution in [0.15, 0.2) is 18.2 Å². The molecule has 0 fully saturated rings. The molecule has 14 heavy (non-hydrogen) atoms. The molecule has 1 N–H and O–H groups in total. The van der Waals surface area contributed by atoms with Crippen molar-refractivity contribution in [2.75, 3.05) is 5.32 Å². The molecular weight excluding hydrogens is 195 g/mol. The van der Waals surface area contributed by atoms with Gasteiger partial charge in [0.1, 0.15) is 5.82 Å². The molecule has 0 saturated carbocycles. The highest BCUT2D eigenvalue weighted by atomic mass is 19.3. The van der Waals surface area contributed by atoms with Crippen LogP contribution >= 0.6 is 0 Å². The van der Waals surface area contributed by atoms with E-state index in [2.05, 4.69) is 0 Å². The summed E-state index contributed by atoms with van der Waals surface area (Å²) < 4.78 is 36.3. The van der Waals surface area contributed by atoms with E-state index in [1.165, 1.54) is 19.1 Å². The number of carbonyl (C=O) groups excluding carboxylic acids is 1. The Morgan fingerprint density at radius 2 is 2.07 bits per heavy atom. The number of halogens is 3. The highest BCUT2D eigenvalue weighted by Gasteiger charge is 2.15. The predicted molar refractivity (Wildman–Crippen MR) is 45.8 cm³/mol. The fourth-order valence-electron chi connectivity index (χ4n) is 0.919. The van der Waals surface area contributed by atoms with Crippen LogP contribution in [-0.2, 0) is 4.79 Å². The molecule has 0 aliphatic heterocycles. The third-order valence-electron chi connectivity index (χ3n) is 1.62. The van der Waals surface area contributed by atoms with E-state index in [1.54, 1.807) is 0 Å². The van der Waals surface area contributed by atoms with Crippen molar-refractivity contribution in [3.63, 3.8) is 0 Å². The first-order valence-corrected chi connectivity index (χ1v) is 3.86. The average molecular weight is 203 g/mol. The third kappa shape index (κ3) is 2.48. The Morgan fingerprint density at radius 1 is 1.43 bits per heavy atom. The molecular formula is C9H8F3NO. The van der Waals surface area contributed by atoms with Gasteiger partial charge >= 0.3 is 6.43 Å². The van der Waals surface area contributed by atoms with Crippen molar-refractivity contribution in [3.8, 4) is 0 Å². The Labute approximate surface area is 78.7 Å². The summed E-state index contributed by atoms with van der Waals surface area (Å²) in [7, 11) is 0. The zero-order valence-electron chi connectivity index (χ0n) is 7.35. The van der Waals surface area contributed by atoms with Gasteiger partial charge in [-0.2, -0.15) is 8.78 Å². The lowest BCUT2D eigenvalue weighted by molar-refractivity contribution is -0.126. The second-order valence-corrected chi connectivity index (χ2v) is 2.75. The number of benzene rings is 1. The van der Waals surface area contributed by atoms with Crippen LogP contribution < -0.4 is 5.32 Å². The molecule has 5 heteroatoms. The van der Waals surface area contributed by atoms with E-state index in [4.69, 9.17) is 0 Å². The quantitative estimate of drug-likeness (QED) is 0.785. The van der Waals surface area contributed by atoms with Crippen molar-refractivity contribution < 1.29 is 18.0 Å². The summed E-state index contributed by atoms with van der Waals surface area (Å²) >= 11 is 0. The minimum Gasteiger partial charge on any atom is -0.321 e. The summed E-state index contributed by atoms with van der Waals surface area (Å²) in [5.41, 5.74) is 0.450. The molecule has 0 bridgehead atoms. The molecule has 0 radical (unpaired) electrons. The van der Waals surface area contributed by atoms with Crippen molar-refractivity contribution in [2.24, 2.45) is 0 Å². The number of nitrogens with one attached hydrogen (secondary N) is 1. The van der Waals surface area contributed by atoms with E-state index in [9.17, 15) is 18.0 Å². The molecule has 0 aromatic heterocycles. The van der Waals surface area contributed by atoms with E-state index < -0.39 is 18.1 Å². The Kier molecular flexibility index (Phi) is 3.11. The minimum atomic E-state index is -3.07. The third-order valence-corrected chi connectivity index (χ3v) is 1.62. The van der Waals surface area contributed by atoms with Gasteiger partial charge in [0.15, 0.2) is 0 Å². The standard InChI is InChI=1S/C9H8F3NO/c1-5-4-6(2-3-7(5)10)13-9(14)8(11)12/h2-4,8H,1H3,(H,13,14). The molecule has 0 spiro atoms. The Morgan fingerprint density at radius 3 is 2.57 bits per heavy atom. The lowest BCUT2D eigenvalue weighted by atomic mass is 10.2. The first-order valence-electron chi connectivity index (χ1n) is 3.86. The van der Waals surface area contributed by atoms with Gasteiger partial charge in [0.25, 0.3) is 5.91 Å². The van der Waals surface area contributed by atoms with Gasteiger partial charge in [0, 0.05) is 5.69 Å². The number of hydrogen-bond acceptors (Lipinski definition) is 1. The summed E-state index contributed by atoms with van der Waals surface area (Å²) in [4.78, 5) is 10.6. The van der Waals surface area contributed by atoms with Gasteiger partial charge in [0.05, 0.1) is 0 Å². The summed E-state index contributed by atoms with van der Waals surface area (Å²) in [5.74, 6) is -1.84. The molecule has 1 aromatic carbocycles. The molecule has 76 valence electrons. The molecule has 0 aliphatic rings. The number of alkyl halides is 2. The van der Waals surface area contributed by atoms with Crippen molar-refractivity contribution in [2.45, 2.75) is 13.3 Å². The SMILES string of the molecule is Cc1cc(NC(=O)C(F)F)ccc1F. The summed E-state index contributed by atoms with van der Waals surface area (Å²) in [6.07, 6.45) is -3.07. The number of anilines is 1. The van der Waals surface area contributed by atoms with Crippen molar-refractivity contribution in [1.82, 2.24) is 0 Å². The molecule has 1 aromatic rings. The second kappa shape index (κ2) is 4.13. The fourth-order valence-corrected chi connectivity index (χ4v) is 0.919. The number of rotatable bonds is 2. The number of hydrogen-bond donors (Lipinski definition) is 1.